The lowest BCUT2D eigenvalue weighted by Gasteiger charge is -2.09. The van der Waals surface area contributed by atoms with E-state index in [9.17, 15) is 0 Å². The van der Waals surface area contributed by atoms with Gasteiger partial charge in [-0.05, 0) is 27.0 Å². The molecule has 4 heteroatoms. The SMILES string of the molecule is CCNc1nc(C)nc(SC)c1C. The maximum absolute atomic E-state index is 4.35. The van der Waals surface area contributed by atoms with Crippen LogP contribution in [0.15, 0.2) is 5.03 Å². The molecule has 0 fully saturated rings. The van der Waals surface area contributed by atoms with Gasteiger partial charge in [-0.1, -0.05) is 0 Å². The Morgan fingerprint density at radius 2 is 2.00 bits per heavy atom. The fourth-order valence-electron chi connectivity index (χ4n) is 1.14. The summed E-state index contributed by atoms with van der Waals surface area (Å²) >= 11 is 1.66. The Hall–Kier alpha value is -0.770. The molecule has 0 aliphatic rings. The molecule has 0 aromatic carbocycles. The molecule has 0 bridgehead atoms. The van der Waals surface area contributed by atoms with Crippen molar-refractivity contribution in [1.29, 1.82) is 0 Å². The van der Waals surface area contributed by atoms with E-state index in [1.807, 2.05) is 20.1 Å². The predicted octanol–water partition coefficient (Wildman–Crippen LogP) is 2.25. The van der Waals surface area contributed by atoms with Crippen LogP contribution in [0.2, 0.25) is 0 Å². The Bertz CT molecular complexity index is 299. The van der Waals surface area contributed by atoms with E-state index in [0.717, 1.165) is 28.8 Å². The molecule has 1 rings (SSSR count). The summed E-state index contributed by atoms with van der Waals surface area (Å²) < 4.78 is 0. The van der Waals surface area contributed by atoms with Crippen LogP contribution in [-0.4, -0.2) is 22.8 Å². The van der Waals surface area contributed by atoms with Crippen molar-refractivity contribution >= 4 is 17.6 Å². The lowest BCUT2D eigenvalue weighted by Crippen LogP contribution is -2.05. The van der Waals surface area contributed by atoms with Crippen LogP contribution in [0.3, 0.4) is 0 Å². The molecule has 0 saturated heterocycles. The maximum atomic E-state index is 4.35. The van der Waals surface area contributed by atoms with E-state index >= 15 is 0 Å². The van der Waals surface area contributed by atoms with Crippen molar-refractivity contribution in [3.05, 3.63) is 11.4 Å². The lowest BCUT2D eigenvalue weighted by atomic mass is 10.3. The zero-order chi connectivity index (χ0) is 9.84. The Morgan fingerprint density at radius 1 is 1.31 bits per heavy atom. The van der Waals surface area contributed by atoms with Gasteiger partial charge >= 0.3 is 0 Å². The minimum absolute atomic E-state index is 0.825. The van der Waals surface area contributed by atoms with E-state index in [4.69, 9.17) is 0 Å². The summed E-state index contributed by atoms with van der Waals surface area (Å²) in [5, 5.41) is 4.29. The van der Waals surface area contributed by atoms with Gasteiger partial charge in [-0.15, -0.1) is 11.8 Å². The number of hydrogen-bond donors (Lipinski definition) is 1. The highest BCUT2D eigenvalue weighted by atomic mass is 32.2. The highest BCUT2D eigenvalue weighted by Crippen LogP contribution is 2.22. The second-order valence-electron chi connectivity index (χ2n) is 2.78. The Balaban J connectivity index is 3.11. The molecule has 0 aliphatic heterocycles. The molecule has 72 valence electrons. The van der Waals surface area contributed by atoms with Crippen molar-refractivity contribution in [2.45, 2.75) is 25.8 Å². The number of aryl methyl sites for hydroxylation is 1. The van der Waals surface area contributed by atoms with Crippen molar-refractivity contribution in [2.75, 3.05) is 18.1 Å². The summed E-state index contributed by atoms with van der Waals surface area (Å²) in [6.07, 6.45) is 2.03. The summed E-state index contributed by atoms with van der Waals surface area (Å²) in [6.45, 7) is 6.92. The number of hydrogen-bond acceptors (Lipinski definition) is 4. The van der Waals surface area contributed by atoms with Crippen LogP contribution in [0, 0.1) is 13.8 Å². The zero-order valence-corrected chi connectivity index (χ0v) is 9.33. The van der Waals surface area contributed by atoms with Crippen LogP contribution in [0.5, 0.6) is 0 Å². The van der Waals surface area contributed by atoms with Gasteiger partial charge in [0.25, 0.3) is 0 Å². The highest BCUT2D eigenvalue weighted by Gasteiger charge is 2.06. The van der Waals surface area contributed by atoms with Gasteiger partial charge in [0.1, 0.15) is 16.7 Å². The molecule has 0 aliphatic carbocycles. The number of aromatic nitrogens is 2. The monoisotopic (exact) mass is 197 g/mol. The highest BCUT2D eigenvalue weighted by molar-refractivity contribution is 7.98. The van der Waals surface area contributed by atoms with E-state index in [1.165, 1.54) is 0 Å². The molecular weight excluding hydrogens is 182 g/mol. The molecule has 0 radical (unpaired) electrons. The summed E-state index contributed by atoms with van der Waals surface area (Å²) in [7, 11) is 0. The fourth-order valence-corrected chi connectivity index (χ4v) is 1.77. The molecule has 1 heterocycles. The van der Waals surface area contributed by atoms with Crippen LogP contribution in [0.4, 0.5) is 5.82 Å². The van der Waals surface area contributed by atoms with Gasteiger partial charge < -0.3 is 5.32 Å². The summed E-state index contributed by atoms with van der Waals surface area (Å²) in [6, 6.07) is 0. The van der Waals surface area contributed by atoms with Gasteiger partial charge in [-0.2, -0.15) is 0 Å². The topological polar surface area (TPSA) is 37.8 Å². The van der Waals surface area contributed by atoms with E-state index in [1.54, 1.807) is 11.8 Å². The number of rotatable bonds is 3. The number of nitrogens with zero attached hydrogens (tertiary/aromatic N) is 2. The molecule has 0 saturated carbocycles. The molecule has 1 N–H and O–H groups in total. The van der Waals surface area contributed by atoms with Crippen LogP contribution in [-0.2, 0) is 0 Å². The van der Waals surface area contributed by atoms with Gasteiger partial charge in [0.15, 0.2) is 0 Å². The third-order valence-electron chi connectivity index (χ3n) is 1.75. The first-order chi connectivity index (χ1) is 6.19. The Kier molecular flexibility index (Phi) is 3.54. The number of nitrogens with one attached hydrogen (secondary N) is 1. The molecule has 13 heavy (non-hydrogen) atoms. The van der Waals surface area contributed by atoms with Crippen molar-refractivity contribution in [3.63, 3.8) is 0 Å². The van der Waals surface area contributed by atoms with Gasteiger partial charge in [0.05, 0.1) is 0 Å². The van der Waals surface area contributed by atoms with E-state index in [0.29, 0.717) is 0 Å². The van der Waals surface area contributed by atoms with Gasteiger partial charge in [0, 0.05) is 12.1 Å². The molecule has 0 atom stereocenters. The second kappa shape index (κ2) is 4.46. The van der Waals surface area contributed by atoms with Gasteiger partial charge in [0.2, 0.25) is 0 Å². The molecule has 3 nitrogen and oxygen atoms in total. The minimum Gasteiger partial charge on any atom is -0.370 e. The third-order valence-corrected chi connectivity index (χ3v) is 2.53. The maximum Gasteiger partial charge on any atom is 0.133 e. The molecule has 0 spiro atoms. The van der Waals surface area contributed by atoms with E-state index < -0.39 is 0 Å². The predicted molar refractivity (Wildman–Crippen MR) is 57.5 cm³/mol. The van der Waals surface area contributed by atoms with Crippen molar-refractivity contribution < 1.29 is 0 Å². The normalized spacial score (nSPS) is 10.2. The number of anilines is 1. The summed E-state index contributed by atoms with van der Waals surface area (Å²) in [4.78, 5) is 8.68. The summed E-state index contributed by atoms with van der Waals surface area (Å²) in [5.41, 5.74) is 1.14. The first-order valence-electron chi connectivity index (χ1n) is 4.32. The Labute approximate surface area is 83.4 Å². The van der Waals surface area contributed by atoms with Crippen LogP contribution in [0.25, 0.3) is 0 Å². The molecule has 0 unspecified atom stereocenters. The van der Waals surface area contributed by atoms with E-state index in [2.05, 4.69) is 22.2 Å². The second-order valence-corrected chi connectivity index (χ2v) is 3.58. The minimum atomic E-state index is 0.825. The largest absolute Gasteiger partial charge is 0.370 e. The number of thioether (sulfide) groups is 1. The smallest absolute Gasteiger partial charge is 0.133 e. The lowest BCUT2D eigenvalue weighted by molar-refractivity contribution is 0.934. The first kappa shape index (κ1) is 10.3. The zero-order valence-electron chi connectivity index (χ0n) is 8.51. The van der Waals surface area contributed by atoms with Crippen molar-refractivity contribution in [3.8, 4) is 0 Å². The standard InChI is InChI=1S/C9H15N3S/c1-5-10-8-6(2)9(13-4)12-7(3)11-8/h5H2,1-4H3,(H,10,11,12). The molecular formula is C9H15N3S. The quantitative estimate of drug-likeness (QED) is 0.595. The average molecular weight is 197 g/mol. The van der Waals surface area contributed by atoms with Gasteiger partial charge in [-0.3, -0.25) is 0 Å². The average Bonchev–Trinajstić information content (AvgIpc) is 2.11. The summed E-state index contributed by atoms with van der Waals surface area (Å²) in [5.74, 6) is 1.78. The fraction of sp³-hybridized carbons (Fsp3) is 0.556. The van der Waals surface area contributed by atoms with Crippen LogP contribution < -0.4 is 5.32 Å². The van der Waals surface area contributed by atoms with Crippen LogP contribution >= 0.6 is 11.8 Å². The Morgan fingerprint density at radius 3 is 2.54 bits per heavy atom. The van der Waals surface area contributed by atoms with Gasteiger partial charge in [-0.25, -0.2) is 9.97 Å². The van der Waals surface area contributed by atoms with E-state index in [-0.39, 0.29) is 0 Å². The van der Waals surface area contributed by atoms with Crippen molar-refractivity contribution in [2.24, 2.45) is 0 Å². The van der Waals surface area contributed by atoms with Crippen molar-refractivity contribution in [1.82, 2.24) is 9.97 Å². The molecule has 1 aromatic heterocycles. The molecule has 0 amide bonds. The first-order valence-corrected chi connectivity index (χ1v) is 5.54. The molecule has 1 aromatic rings. The van der Waals surface area contributed by atoms with Crippen LogP contribution in [0.1, 0.15) is 18.3 Å². The third kappa shape index (κ3) is 2.34.